The van der Waals surface area contributed by atoms with E-state index in [1.807, 2.05) is 19.9 Å². The third-order valence-electron chi connectivity index (χ3n) is 2.82. The highest BCUT2D eigenvalue weighted by Gasteiger charge is 2.10. The molecule has 1 atom stereocenters. The van der Waals surface area contributed by atoms with E-state index in [-0.39, 0.29) is 6.10 Å². The van der Waals surface area contributed by atoms with Gasteiger partial charge in [0.1, 0.15) is 0 Å². The van der Waals surface area contributed by atoms with Gasteiger partial charge < -0.3 is 10.1 Å². The summed E-state index contributed by atoms with van der Waals surface area (Å²) in [6.45, 7) is 6.93. The summed E-state index contributed by atoms with van der Waals surface area (Å²) in [6, 6.07) is 8.51. The molecule has 2 rings (SSSR count). The van der Waals surface area contributed by atoms with E-state index in [0.29, 0.717) is 6.04 Å². The molecular formula is C15H19BrN2OS. The van der Waals surface area contributed by atoms with Crippen LogP contribution in [-0.2, 0) is 6.54 Å². The van der Waals surface area contributed by atoms with Crippen LogP contribution in [0.15, 0.2) is 34.2 Å². The van der Waals surface area contributed by atoms with Crippen LogP contribution < -0.4 is 10.1 Å². The van der Waals surface area contributed by atoms with E-state index in [9.17, 15) is 0 Å². The molecule has 2 aromatic heterocycles. The Morgan fingerprint density at radius 3 is 2.75 bits per heavy atom. The van der Waals surface area contributed by atoms with Gasteiger partial charge in [0, 0.05) is 29.2 Å². The van der Waals surface area contributed by atoms with E-state index in [4.69, 9.17) is 4.74 Å². The van der Waals surface area contributed by atoms with E-state index in [0.717, 1.165) is 21.8 Å². The minimum Gasteiger partial charge on any atom is -0.475 e. The maximum absolute atomic E-state index is 5.73. The number of pyridine rings is 1. The van der Waals surface area contributed by atoms with Crippen molar-refractivity contribution in [2.75, 3.05) is 0 Å². The van der Waals surface area contributed by atoms with Crippen LogP contribution in [0.5, 0.6) is 5.88 Å². The second kappa shape index (κ2) is 7.20. The van der Waals surface area contributed by atoms with Gasteiger partial charge in [-0.2, -0.15) is 0 Å². The summed E-state index contributed by atoms with van der Waals surface area (Å²) in [5, 5.41) is 3.51. The molecule has 0 spiro atoms. The van der Waals surface area contributed by atoms with Gasteiger partial charge in [0.15, 0.2) is 0 Å². The first-order chi connectivity index (χ1) is 9.56. The van der Waals surface area contributed by atoms with Gasteiger partial charge in [0.25, 0.3) is 0 Å². The van der Waals surface area contributed by atoms with Gasteiger partial charge in [-0.15, -0.1) is 11.3 Å². The lowest BCUT2D eigenvalue weighted by molar-refractivity contribution is 0.229. The summed E-state index contributed by atoms with van der Waals surface area (Å²) in [6.07, 6.45) is 1.90. The van der Waals surface area contributed by atoms with E-state index in [1.165, 1.54) is 4.88 Å². The van der Waals surface area contributed by atoms with Gasteiger partial charge in [0.2, 0.25) is 5.88 Å². The number of ether oxygens (including phenoxy) is 1. The molecule has 0 bridgehead atoms. The summed E-state index contributed by atoms with van der Waals surface area (Å²) in [5.41, 5.74) is 1.09. The molecule has 108 valence electrons. The highest BCUT2D eigenvalue weighted by Crippen LogP contribution is 2.27. The lowest BCUT2D eigenvalue weighted by atomic mass is 10.2. The van der Waals surface area contributed by atoms with Crippen molar-refractivity contribution in [1.29, 1.82) is 0 Å². The van der Waals surface area contributed by atoms with Crippen LogP contribution in [0.4, 0.5) is 0 Å². The minimum absolute atomic E-state index is 0.134. The highest BCUT2D eigenvalue weighted by atomic mass is 79.9. The first kappa shape index (κ1) is 15.5. The molecule has 5 heteroatoms. The third-order valence-corrected chi connectivity index (χ3v) is 4.62. The van der Waals surface area contributed by atoms with Crippen LogP contribution in [0.1, 0.15) is 37.3 Å². The molecule has 0 aliphatic carbocycles. The fourth-order valence-corrected chi connectivity index (χ4v) is 3.26. The second-order valence-electron chi connectivity index (χ2n) is 4.88. The van der Waals surface area contributed by atoms with Gasteiger partial charge in [0.05, 0.1) is 9.89 Å². The van der Waals surface area contributed by atoms with Crippen molar-refractivity contribution in [3.8, 4) is 5.88 Å². The van der Waals surface area contributed by atoms with Crippen LogP contribution >= 0.6 is 27.3 Å². The summed E-state index contributed by atoms with van der Waals surface area (Å²) in [7, 11) is 0. The lowest BCUT2D eigenvalue weighted by Crippen LogP contribution is -2.18. The van der Waals surface area contributed by atoms with Crippen LogP contribution in [0.25, 0.3) is 0 Å². The SMILES string of the molecule is CC(C)Oc1ncccc1CNC(C)c1ccc(Br)s1. The number of nitrogens with zero attached hydrogens (tertiary/aromatic N) is 1. The summed E-state index contributed by atoms with van der Waals surface area (Å²) >= 11 is 5.25. The molecule has 2 aromatic rings. The third kappa shape index (κ3) is 4.30. The number of rotatable bonds is 6. The zero-order chi connectivity index (χ0) is 14.5. The zero-order valence-electron chi connectivity index (χ0n) is 11.9. The molecule has 0 amide bonds. The van der Waals surface area contributed by atoms with Crippen molar-refractivity contribution >= 4 is 27.3 Å². The van der Waals surface area contributed by atoms with Crippen molar-refractivity contribution in [2.45, 2.75) is 39.5 Å². The average molecular weight is 355 g/mol. The van der Waals surface area contributed by atoms with E-state index in [1.54, 1.807) is 17.5 Å². The van der Waals surface area contributed by atoms with Gasteiger partial charge in [-0.05, 0) is 54.9 Å². The summed E-state index contributed by atoms with van der Waals surface area (Å²) < 4.78 is 6.89. The van der Waals surface area contributed by atoms with Gasteiger partial charge in [-0.1, -0.05) is 6.07 Å². The Balaban J connectivity index is 2.00. The maximum atomic E-state index is 5.73. The summed E-state index contributed by atoms with van der Waals surface area (Å²) in [5.74, 6) is 0.717. The fraction of sp³-hybridized carbons (Fsp3) is 0.400. The molecule has 1 N–H and O–H groups in total. The van der Waals surface area contributed by atoms with Crippen molar-refractivity contribution in [2.24, 2.45) is 0 Å². The first-order valence-corrected chi connectivity index (χ1v) is 8.26. The number of hydrogen-bond donors (Lipinski definition) is 1. The van der Waals surface area contributed by atoms with Crippen LogP contribution in [0.2, 0.25) is 0 Å². The van der Waals surface area contributed by atoms with Gasteiger partial charge in [-0.25, -0.2) is 4.98 Å². The quantitative estimate of drug-likeness (QED) is 0.826. The Hall–Kier alpha value is -0.910. The van der Waals surface area contributed by atoms with Crippen LogP contribution in [0.3, 0.4) is 0 Å². The van der Waals surface area contributed by atoms with Crippen molar-refractivity contribution < 1.29 is 4.74 Å². The minimum atomic E-state index is 0.134. The molecule has 1 unspecified atom stereocenters. The Labute approximate surface area is 132 Å². The Bertz CT molecular complexity index is 556. The van der Waals surface area contributed by atoms with E-state index >= 15 is 0 Å². The van der Waals surface area contributed by atoms with Crippen molar-refractivity contribution in [1.82, 2.24) is 10.3 Å². The topological polar surface area (TPSA) is 34.1 Å². The Morgan fingerprint density at radius 2 is 2.10 bits per heavy atom. The number of aromatic nitrogens is 1. The molecule has 3 nitrogen and oxygen atoms in total. The number of thiophene rings is 1. The molecule has 2 heterocycles. The molecule has 0 aliphatic rings. The van der Waals surface area contributed by atoms with Crippen LogP contribution in [0, 0.1) is 0 Å². The number of nitrogens with one attached hydrogen (secondary N) is 1. The largest absolute Gasteiger partial charge is 0.475 e. The molecule has 0 radical (unpaired) electrons. The average Bonchev–Trinajstić information content (AvgIpc) is 2.83. The number of hydrogen-bond acceptors (Lipinski definition) is 4. The zero-order valence-corrected chi connectivity index (χ0v) is 14.3. The second-order valence-corrected chi connectivity index (χ2v) is 7.37. The predicted octanol–water partition coefficient (Wildman–Crippen LogP) is 4.54. The molecule has 20 heavy (non-hydrogen) atoms. The van der Waals surface area contributed by atoms with Crippen molar-refractivity contribution in [3.05, 3.63) is 44.7 Å². The molecule has 0 aliphatic heterocycles. The predicted molar refractivity (Wildman–Crippen MR) is 87.3 cm³/mol. The first-order valence-electron chi connectivity index (χ1n) is 6.65. The van der Waals surface area contributed by atoms with E-state index in [2.05, 4.69) is 51.4 Å². The Morgan fingerprint density at radius 1 is 1.30 bits per heavy atom. The Kier molecular flexibility index (Phi) is 5.57. The van der Waals surface area contributed by atoms with Gasteiger partial charge in [-0.3, -0.25) is 0 Å². The molecule has 0 saturated carbocycles. The lowest BCUT2D eigenvalue weighted by Gasteiger charge is -2.15. The van der Waals surface area contributed by atoms with E-state index < -0.39 is 0 Å². The van der Waals surface area contributed by atoms with Gasteiger partial charge >= 0.3 is 0 Å². The molecular weight excluding hydrogens is 336 g/mol. The smallest absolute Gasteiger partial charge is 0.218 e. The fourth-order valence-electron chi connectivity index (χ4n) is 1.81. The van der Waals surface area contributed by atoms with Crippen molar-refractivity contribution in [3.63, 3.8) is 0 Å². The molecule has 0 fully saturated rings. The molecule has 0 saturated heterocycles. The summed E-state index contributed by atoms with van der Waals surface area (Å²) in [4.78, 5) is 5.62. The standard InChI is InChI=1S/C15H19BrN2OS/c1-10(2)19-15-12(5-4-8-17-15)9-18-11(3)13-6-7-14(16)20-13/h4-8,10-11,18H,9H2,1-3H3. The molecule has 0 aromatic carbocycles. The monoisotopic (exact) mass is 354 g/mol. The maximum Gasteiger partial charge on any atom is 0.218 e. The van der Waals surface area contributed by atoms with Crippen LogP contribution in [-0.4, -0.2) is 11.1 Å². The highest BCUT2D eigenvalue weighted by molar-refractivity contribution is 9.11. The number of halogens is 1. The normalized spacial score (nSPS) is 12.7.